The average molecular weight is 284 g/mol. The maximum Gasteiger partial charge on any atom is 0.324 e. The van der Waals surface area contributed by atoms with Crippen LogP contribution in [0.15, 0.2) is 0 Å². The van der Waals surface area contributed by atoms with Crippen molar-refractivity contribution in [2.24, 2.45) is 0 Å². The molecular formula is C14H24N2O4. The van der Waals surface area contributed by atoms with Crippen molar-refractivity contribution in [1.82, 2.24) is 10.2 Å². The molecule has 6 heteroatoms. The quantitative estimate of drug-likeness (QED) is 0.757. The van der Waals surface area contributed by atoms with Crippen molar-refractivity contribution in [3.8, 4) is 0 Å². The second-order valence-electron chi connectivity index (χ2n) is 5.49. The van der Waals surface area contributed by atoms with Crippen LogP contribution in [-0.2, 0) is 9.59 Å². The summed E-state index contributed by atoms with van der Waals surface area (Å²) < 4.78 is 0. The molecule has 0 saturated carbocycles. The van der Waals surface area contributed by atoms with E-state index < -0.39 is 5.97 Å². The zero-order chi connectivity index (χ0) is 15.1. The zero-order valence-electron chi connectivity index (χ0n) is 12.2. The number of nitrogens with zero attached hydrogens (tertiary/aromatic N) is 1. The highest BCUT2D eigenvalue weighted by Crippen LogP contribution is 2.22. The van der Waals surface area contributed by atoms with Crippen LogP contribution in [0.3, 0.4) is 0 Å². The van der Waals surface area contributed by atoms with Crippen molar-refractivity contribution in [2.45, 2.75) is 70.9 Å². The predicted octanol–water partition coefficient (Wildman–Crippen LogP) is 2.13. The summed E-state index contributed by atoms with van der Waals surface area (Å²) in [4.78, 5) is 35.8. The highest BCUT2D eigenvalue weighted by atomic mass is 16.4. The molecule has 0 aromatic heterocycles. The second-order valence-corrected chi connectivity index (χ2v) is 5.49. The molecule has 0 spiro atoms. The Kier molecular flexibility index (Phi) is 6.48. The number of amides is 3. The summed E-state index contributed by atoms with van der Waals surface area (Å²) in [5.41, 5.74) is 0. The number of piperidine rings is 1. The number of carbonyl (C=O) groups excluding carboxylic acids is 2. The first-order valence-electron chi connectivity index (χ1n) is 7.25. The molecule has 1 heterocycles. The summed E-state index contributed by atoms with van der Waals surface area (Å²) in [5, 5.41) is 10.9. The van der Waals surface area contributed by atoms with E-state index in [9.17, 15) is 14.4 Å². The van der Waals surface area contributed by atoms with Gasteiger partial charge in [-0.25, -0.2) is 4.79 Å². The number of carboxylic acids is 1. The largest absolute Gasteiger partial charge is 0.481 e. The van der Waals surface area contributed by atoms with Crippen LogP contribution < -0.4 is 5.32 Å². The minimum Gasteiger partial charge on any atom is -0.481 e. The van der Waals surface area contributed by atoms with Gasteiger partial charge in [-0.05, 0) is 46.0 Å². The van der Waals surface area contributed by atoms with E-state index in [2.05, 4.69) is 5.32 Å². The van der Waals surface area contributed by atoms with Gasteiger partial charge in [-0.1, -0.05) is 0 Å². The van der Waals surface area contributed by atoms with E-state index in [0.717, 1.165) is 19.3 Å². The van der Waals surface area contributed by atoms with E-state index in [1.807, 2.05) is 13.8 Å². The van der Waals surface area contributed by atoms with Crippen molar-refractivity contribution in [3.05, 3.63) is 0 Å². The molecule has 1 fully saturated rings. The molecule has 6 nitrogen and oxygen atoms in total. The Balaban J connectivity index is 2.33. The van der Waals surface area contributed by atoms with E-state index >= 15 is 0 Å². The summed E-state index contributed by atoms with van der Waals surface area (Å²) in [5.74, 6) is -1.19. The number of hydrogen-bond donors (Lipinski definition) is 2. The van der Waals surface area contributed by atoms with Gasteiger partial charge in [-0.15, -0.1) is 0 Å². The van der Waals surface area contributed by atoms with E-state index in [4.69, 9.17) is 5.11 Å². The lowest BCUT2D eigenvalue weighted by Gasteiger charge is -2.38. The smallest absolute Gasteiger partial charge is 0.324 e. The molecule has 0 unspecified atom stereocenters. The molecule has 0 aliphatic carbocycles. The number of hydrogen-bond acceptors (Lipinski definition) is 3. The molecule has 1 aliphatic heterocycles. The molecule has 3 amide bonds. The van der Waals surface area contributed by atoms with Gasteiger partial charge in [0.2, 0.25) is 5.91 Å². The summed E-state index contributed by atoms with van der Waals surface area (Å²) >= 11 is 0. The van der Waals surface area contributed by atoms with Gasteiger partial charge >= 0.3 is 12.0 Å². The van der Waals surface area contributed by atoms with Crippen LogP contribution in [-0.4, -0.2) is 40.0 Å². The lowest BCUT2D eigenvalue weighted by molar-refractivity contribution is -0.137. The number of carboxylic acid groups (broad SMARTS) is 1. The first-order chi connectivity index (χ1) is 9.41. The van der Waals surface area contributed by atoms with Crippen LogP contribution >= 0.6 is 0 Å². The van der Waals surface area contributed by atoms with Crippen molar-refractivity contribution < 1.29 is 19.5 Å². The van der Waals surface area contributed by atoms with Gasteiger partial charge in [0.05, 0.1) is 0 Å². The Hall–Kier alpha value is -1.59. The molecule has 1 aliphatic rings. The van der Waals surface area contributed by atoms with Crippen molar-refractivity contribution in [1.29, 1.82) is 0 Å². The van der Waals surface area contributed by atoms with Crippen LogP contribution in [0.2, 0.25) is 0 Å². The Morgan fingerprint density at radius 1 is 1.10 bits per heavy atom. The number of aliphatic carboxylic acids is 1. The van der Waals surface area contributed by atoms with Crippen molar-refractivity contribution in [2.75, 3.05) is 0 Å². The first-order valence-corrected chi connectivity index (χ1v) is 7.25. The highest BCUT2D eigenvalue weighted by Gasteiger charge is 2.29. The molecule has 1 saturated heterocycles. The van der Waals surface area contributed by atoms with E-state index in [1.165, 1.54) is 0 Å². The lowest BCUT2D eigenvalue weighted by atomic mass is 9.98. The number of likely N-dealkylation sites (tertiary alicyclic amines) is 1. The number of unbranched alkanes of at least 4 members (excludes halogenated alkanes) is 1. The van der Waals surface area contributed by atoms with Crippen LogP contribution in [0, 0.1) is 0 Å². The van der Waals surface area contributed by atoms with Crippen molar-refractivity contribution >= 4 is 17.9 Å². The predicted molar refractivity (Wildman–Crippen MR) is 74.3 cm³/mol. The third-order valence-electron chi connectivity index (χ3n) is 3.72. The fourth-order valence-electron chi connectivity index (χ4n) is 2.63. The third-order valence-corrected chi connectivity index (χ3v) is 3.72. The topological polar surface area (TPSA) is 86.7 Å². The fourth-order valence-corrected chi connectivity index (χ4v) is 2.63. The van der Waals surface area contributed by atoms with E-state index in [1.54, 1.807) is 4.90 Å². The molecule has 0 bridgehead atoms. The van der Waals surface area contributed by atoms with Gasteiger partial charge in [0.1, 0.15) is 0 Å². The zero-order valence-corrected chi connectivity index (χ0v) is 12.2. The standard InChI is InChI=1S/C14H24N2O4/c1-10-6-5-7-11(2)16(10)14(20)15-12(17)8-3-4-9-13(18)19/h10-11H,3-9H2,1-2H3,(H,18,19)(H,15,17,20)/t10-,11+. The summed E-state index contributed by atoms with van der Waals surface area (Å²) in [6.45, 7) is 3.99. The SMILES string of the molecule is C[C@@H]1CCC[C@H](C)N1C(=O)NC(=O)CCCCC(=O)O. The molecule has 20 heavy (non-hydrogen) atoms. The van der Waals surface area contributed by atoms with Crippen LogP contribution in [0.5, 0.6) is 0 Å². The Labute approximate surface area is 119 Å². The normalized spacial score (nSPS) is 22.4. The minimum atomic E-state index is -0.863. The number of imide groups is 1. The lowest BCUT2D eigenvalue weighted by Crippen LogP contribution is -2.53. The van der Waals surface area contributed by atoms with E-state index in [0.29, 0.717) is 12.8 Å². The monoisotopic (exact) mass is 284 g/mol. The van der Waals surface area contributed by atoms with Gasteiger partial charge in [0, 0.05) is 24.9 Å². The highest BCUT2D eigenvalue weighted by molar-refractivity contribution is 5.94. The van der Waals surface area contributed by atoms with Crippen molar-refractivity contribution in [3.63, 3.8) is 0 Å². The number of nitrogens with one attached hydrogen (secondary N) is 1. The van der Waals surface area contributed by atoms with Gasteiger partial charge in [-0.2, -0.15) is 0 Å². The first kappa shape index (κ1) is 16.5. The maximum atomic E-state index is 12.1. The average Bonchev–Trinajstić information content (AvgIpc) is 2.34. The fraction of sp³-hybridized carbons (Fsp3) is 0.786. The Bertz CT molecular complexity index is 360. The van der Waals surface area contributed by atoms with Crippen LogP contribution in [0.4, 0.5) is 4.79 Å². The number of rotatable bonds is 5. The molecule has 114 valence electrons. The van der Waals surface area contributed by atoms with E-state index in [-0.39, 0.29) is 36.9 Å². The number of carbonyl (C=O) groups is 3. The third kappa shape index (κ3) is 5.19. The second kappa shape index (κ2) is 7.87. The van der Waals surface area contributed by atoms with Gasteiger partial charge < -0.3 is 10.0 Å². The van der Waals surface area contributed by atoms with Gasteiger partial charge in [0.15, 0.2) is 0 Å². The molecule has 2 N–H and O–H groups in total. The Morgan fingerprint density at radius 3 is 2.20 bits per heavy atom. The molecule has 1 rings (SSSR count). The van der Waals surface area contributed by atoms with Gasteiger partial charge in [0.25, 0.3) is 0 Å². The molecule has 0 aromatic carbocycles. The summed E-state index contributed by atoms with van der Waals surface area (Å²) in [6, 6.07) is -0.0231. The maximum absolute atomic E-state index is 12.1. The minimum absolute atomic E-state index is 0.0570. The molecule has 0 aromatic rings. The molecule has 2 atom stereocenters. The summed E-state index contributed by atoms with van der Waals surface area (Å²) in [6.07, 6.45) is 4.21. The number of urea groups is 1. The van der Waals surface area contributed by atoms with Crippen LogP contribution in [0.25, 0.3) is 0 Å². The Morgan fingerprint density at radius 2 is 1.65 bits per heavy atom. The summed E-state index contributed by atoms with van der Waals surface area (Å²) in [7, 11) is 0. The van der Waals surface area contributed by atoms with Crippen LogP contribution in [0.1, 0.15) is 58.8 Å². The van der Waals surface area contributed by atoms with Gasteiger partial charge in [-0.3, -0.25) is 14.9 Å². The molecule has 0 radical (unpaired) electrons. The molecular weight excluding hydrogens is 260 g/mol.